The van der Waals surface area contributed by atoms with Crippen LogP contribution in [0.2, 0.25) is 0 Å². The standard InChI is InChI=1S/C14H25NO5S/c1-2-20-14(19)11(10-21)15-12(16)8-6-4-3-5-7-9-13(17)18/h11,21H,2-10H2,1H3,(H,15,16)(H,17,18). The molecule has 1 atom stereocenters. The number of amides is 1. The van der Waals surface area contributed by atoms with Crippen LogP contribution in [0, 0.1) is 0 Å². The number of unbranched alkanes of at least 4 members (excludes halogenated alkanes) is 4. The van der Waals surface area contributed by atoms with Gasteiger partial charge in [0.25, 0.3) is 0 Å². The Morgan fingerprint density at radius 2 is 1.67 bits per heavy atom. The van der Waals surface area contributed by atoms with Crippen LogP contribution >= 0.6 is 12.6 Å². The largest absolute Gasteiger partial charge is 0.481 e. The molecule has 0 aliphatic heterocycles. The zero-order valence-electron chi connectivity index (χ0n) is 12.5. The second-order valence-electron chi connectivity index (χ2n) is 4.72. The van der Waals surface area contributed by atoms with E-state index in [1.54, 1.807) is 6.92 Å². The van der Waals surface area contributed by atoms with Crippen molar-refractivity contribution < 1.29 is 24.2 Å². The molecular weight excluding hydrogens is 294 g/mol. The molecule has 7 heteroatoms. The number of nitrogens with one attached hydrogen (secondary N) is 1. The Balaban J connectivity index is 3.69. The van der Waals surface area contributed by atoms with Gasteiger partial charge in [-0.3, -0.25) is 9.59 Å². The highest BCUT2D eigenvalue weighted by Gasteiger charge is 2.19. The molecule has 0 radical (unpaired) electrons. The van der Waals surface area contributed by atoms with Gasteiger partial charge in [0.2, 0.25) is 5.91 Å². The summed E-state index contributed by atoms with van der Waals surface area (Å²) in [5.41, 5.74) is 0. The fourth-order valence-corrected chi connectivity index (χ4v) is 2.02. The summed E-state index contributed by atoms with van der Waals surface area (Å²) < 4.78 is 4.83. The first-order valence-corrected chi connectivity index (χ1v) is 7.93. The average molecular weight is 319 g/mol. The SMILES string of the molecule is CCOC(=O)C(CS)NC(=O)CCCCCCCC(=O)O. The van der Waals surface area contributed by atoms with Gasteiger partial charge >= 0.3 is 11.9 Å². The highest BCUT2D eigenvalue weighted by atomic mass is 32.1. The second-order valence-corrected chi connectivity index (χ2v) is 5.08. The number of esters is 1. The fourth-order valence-electron chi connectivity index (χ4n) is 1.78. The maximum atomic E-state index is 11.7. The van der Waals surface area contributed by atoms with Crippen LogP contribution in [-0.2, 0) is 19.1 Å². The zero-order chi connectivity index (χ0) is 16.1. The maximum Gasteiger partial charge on any atom is 0.329 e. The van der Waals surface area contributed by atoms with E-state index in [-0.39, 0.29) is 24.7 Å². The molecule has 0 fully saturated rings. The third-order valence-electron chi connectivity index (χ3n) is 2.88. The van der Waals surface area contributed by atoms with Crippen LogP contribution in [0.15, 0.2) is 0 Å². The average Bonchev–Trinajstić information content (AvgIpc) is 2.43. The minimum Gasteiger partial charge on any atom is -0.481 e. The summed E-state index contributed by atoms with van der Waals surface area (Å²) in [6.45, 7) is 1.98. The Kier molecular flexibility index (Phi) is 11.8. The lowest BCUT2D eigenvalue weighted by Gasteiger charge is -2.14. The number of carboxylic acids is 1. The van der Waals surface area contributed by atoms with E-state index in [0.29, 0.717) is 12.8 Å². The molecule has 0 aliphatic carbocycles. The first-order chi connectivity index (χ1) is 10.0. The molecule has 0 saturated heterocycles. The van der Waals surface area contributed by atoms with Gasteiger partial charge in [0, 0.05) is 18.6 Å². The summed E-state index contributed by atoms with van der Waals surface area (Å²) in [7, 11) is 0. The normalized spacial score (nSPS) is 11.7. The topological polar surface area (TPSA) is 92.7 Å². The highest BCUT2D eigenvalue weighted by Crippen LogP contribution is 2.07. The first-order valence-electron chi connectivity index (χ1n) is 7.29. The molecule has 6 nitrogen and oxygen atoms in total. The van der Waals surface area contributed by atoms with E-state index in [0.717, 1.165) is 25.7 Å². The van der Waals surface area contributed by atoms with Gasteiger partial charge in [-0.2, -0.15) is 12.6 Å². The Morgan fingerprint density at radius 1 is 1.10 bits per heavy atom. The quantitative estimate of drug-likeness (QED) is 0.290. The summed E-state index contributed by atoms with van der Waals surface area (Å²) in [6.07, 6.45) is 4.59. The molecule has 0 spiro atoms. The smallest absolute Gasteiger partial charge is 0.329 e. The predicted octanol–water partition coefficient (Wildman–Crippen LogP) is 1.78. The highest BCUT2D eigenvalue weighted by molar-refractivity contribution is 7.80. The van der Waals surface area contributed by atoms with Crippen LogP contribution in [0.4, 0.5) is 0 Å². The summed E-state index contributed by atoms with van der Waals surface area (Å²) in [6, 6.07) is -0.698. The van der Waals surface area contributed by atoms with Gasteiger partial charge in [0.1, 0.15) is 6.04 Å². The van der Waals surface area contributed by atoms with Gasteiger partial charge in [-0.25, -0.2) is 4.79 Å². The zero-order valence-corrected chi connectivity index (χ0v) is 13.4. The van der Waals surface area contributed by atoms with Crippen LogP contribution in [0.1, 0.15) is 51.9 Å². The van der Waals surface area contributed by atoms with E-state index >= 15 is 0 Å². The van der Waals surface area contributed by atoms with Crippen LogP contribution in [0.5, 0.6) is 0 Å². The van der Waals surface area contributed by atoms with Gasteiger partial charge in [-0.15, -0.1) is 0 Å². The summed E-state index contributed by atoms with van der Waals surface area (Å²) in [4.78, 5) is 33.5. The Hall–Kier alpha value is -1.24. The van der Waals surface area contributed by atoms with Gasteiger partial charge in [0.15, 0.2) is 0 Å². The fraction of sp³-hybridized carbons (Fsp3) is 0.786. The van der Waals surface area contributed by atoms with E-state index in [4.69, 9.17) is 9.84 Å². The van der Waals surface area contributed by atoms with Crippen molar-refractivity contribution in [3.63, 3.8) is 0 Å². The molecule has 1 amide bonds. The molecule has 0 aromatic heterocycles. The van der Waals surface area contributed by atoms with Gasteiger partial charge in [-0.1, -0.05) is 19.3 Å². The van der Waals surface area contributed by atoms with E-state index in [1.807, 2.05) is 0 Å². The van der Waals surface area contributed by atoms with Crippen molar-refractivity contribution in [2.45, 2.75) is 57.9 Å². The molecular formula is C14H25NO5S. The molecule has 0 heterocycles. The number of aliphatic carboxylic acids is 1. The lowest BCUT2D eigenvalue weighted by atomic mass is 10.1. The Labute approximate surface area is 131 Å². The number of carbonyl (C=O) groups is 3. The monoisotopic (exact) mass is 319 g/mol. The van der Waals surface area contributed by atoms with Gasteiger partial charge < -0.3 is 15.2 Å². The summed E-state index contributed by atoms with van der Waals surface area (Å²) in [5, 5.41) is 11.1. The van der Waals surface area contributed by atoms with Crippen LogP contribution in [0.25, 0.3) is 0 Å². The van der Waals surface area contributed by atoms with Crippen molar-refractivity contribution in [1.82, 2.24) is 5.32 Å². The van der Waals surface area contributed by atoms with Crippen molar-refractivity contribution in [3.05, 3.63) is 0 Å². The van der Waals surface area contributed by atoms with Crippen molar-refractivity contribution in [2.75, 3.05) is 12.4 Å². The Morgan fingerprint density at radius 3 is 2.19 bits per heavy atom. The third-order valence-corrected chi connectivity index (χ3v) is 3.25. The summed E-state index contributed by atoms with van der Waals surface area (Å²) in [5.74, 6) is -1.21. The molecule has 122 valence electrons. The lowest BCUT2D eigenvalue weighted by molar-refractivity contribution is -0.146. The Bertz CT molecular complexity index is 335. The molecule has 0 aliphatic rings. The minimum atomic E-state index is -0.772. The predicted molar refractivity (Wildman–Crippen MR) is 82.4 cm³/mol. The number of carbonyl (C=O) groups excluding carboxylic acids is 2. The number of ether oxygens (including phenoxy) is 1. The number of carboxylic acid groups (broad SMARTS) is 1. The summed E-state index contributed by atoms with van der Waals surface area (Å²) >= 11 is 4.02. The van der Waals surface area contributed by atoms with E-state index in [1.165, 1.54) is 0 Å². The van der Waals surface area contributed by atoms with E-state index < -0.39 is 18.0 Å². The van der Waals surface area contributed by atoms with Crippen molar-refractivity contribution in [1.29, 1.82) is 0 Å². The molecule has 0 aromatic rings. The van der Waals surface area contributed by atoms with E-state index in [9.17, 15) is 14.4 Å². The maximum absolute atomic E-state index is 11.7. The number of hydrogen-bond acceptors (Lipinski definition) is 5. The molecule has 21 heavy (non-hydrogen) atoms. The molecule has 0 saturated carbocycles. The molecule has 0 bridgehead atoms. The molecule has 1 unspecified atom stereocenters. The second kappa shape index (κ2) is 12.5. The minimum absolute atomic E-state index is 0.187. The number of rotatable bonds is 12. The van der Waals surface area contributed by atoms with Crippen molar-refractivity contribution in [3.8, 4) is 0 Å². The van der Waals surface area contributed by atoms with Gasteiger partial charge in [0.05, 0.1) is 6.61 Å². The van der Waals surface area contributed by atoms with Crippen LogP contribution in [0.3, 0.4) is 0 Å². The number of hydrogen-bond donors (Lipinski definition) is 3. The lowest BCUT2D eigenvalue weighted by Crippen LogP contribution is -2.43. The third kappa shape index (κ3) is 11.1. The van der Waals surface area contributed by atoms with E-state index in [2.05, 4.69) is 17.9 Å². The molecule has 0 rings (SSSR count). The molecule has 0 aromatic carbocycles. The van der Waals surface area contributed by atoms with Crippen molar-refractivity contribution in [2.24, 2.45) is 0 Å². The van der Waals surface area contributed by atoms with Crippen LogP contribution in [-0.4, -0.2) is 41.4 Å². The molecule has 2 N–H and O–H groups in total. The number of thiol groups is 1. The first kappa shape index (κ1) is 19.8. The van der Waals surface area contributed by atoms with Crippen molar-refractivity contribution >= 4 is 30.5 Å². The van der Waals surface area contributed by atoms with Crippen LogP contribution < -0.4 is 5.32 Å². The van der Waals surface area contributed by atoms with Gasteiger partial charge in [-0.05, 0) is 19.8 Å².